The summed E-state index contributed by atoms with van der Waals surface area (Å²) in [5.41, 5.74) is 1.18. The summed E-state index contributed by atoms with van der Waals surface area (Å²) in [5, 5.41) is 5.65. The van der Waals surface area contributed by atoms with Crippen LogP contribution in [-0.2, 0) is 17.3 Å². The van der Waals surface area contributed by atoms with E-state index in [4.69, 9.17) is 0 Å². The molecule has 4 aromatic rings. The maximum absolute atomic E-state index is 13.4. The third kappa shape index (κ3) is 6.97. The molecule has 33 heavy (non-hydrogen) atoms. The largest absolute Gasteiger partial charge is 0.416 e. The van der Waals surface area contributed by atoms with Gasteiger partial charge in [0.05, 0.1) is 10.4 Å². The standard InChI is InChI=1S/C22H17F4N3S.C2H6O/c23-20-11-17-10-15(5-6-16(17)12-28-20)19-13-29-21(30-19)27-9-1-2-14-3-7-18(8-4-14)22(24,25)26;1-3-2/h3-8,10-13H,1-2,9H2,(H,27,29);1-2H3. The molecule has 0 spiro atoms. The average molecular weight is 478 g/mol. The van der Waals surface area contributed by atoms with E-state index in [1.165, 1.54) is 35.7 Å². The van der Waals surface area contributed by atoms with Crippen molar-refractivity contribution in [3.63, 3.8) is 0 Å². The van der Waals surface area contributed by atoms with Gasteiger partial charge in [-0.1, -0.05) is 35.6 Å². The lowest BCUT2D eigenvalue weighted by Crippen LogP contribution is -2.05. The lowest BCUT2D eigenvalue weighted by molar-refractivity contribution is -0.137. The van der Waals surface area contributed by atoms with Gasteiger partial charge in [0.2, 0.25) is 5.95 Å². The van der Waals surface area contributed by atoms with Crippen LogP contribution in [0.5, 0.6) is 0 Å². The van der Waals surface area contributed by atoms with Crippen LogP contribution >= 0.6 is 11.3 Å². The Bertz CT molecular complexity index is 1180. The van der Waals surface area contributed by atoms with Gasteiger partial charge in [-0.15, -0.1) is 0 Å². The summed E-state index contributed by atoms with van der Waals surface area (Å²) >= 11 is 1.49. The Morgan fingerprint density at radius 2 is 1.67 bits per heavy atom. The van der Waals surface area contributed by atoms with Gasteiger partial charge >= 0.3 is 6.18 Å². The Kier molecular flexibility index (Phi) is 8.35. The molecule has 0 aliphatic heterocycles. The van der Waals surface area contributed by atoms with Crippen molar-refractivity contribution in [1.29, 1.82) is 0 Å². The van der Waals surface area contributed by atoms with E-state index in [0.29, 0.717) is 13.0 Å². The molecule has 0 atom stereocenters. The number of aromatic nitrogens is 2. The van der Waals surface area contributed by atoms with Gasteiger partial charge in [-0.2, -0.15) is 17.6 Å². The molecule has 0 bridgehead atoms. The Hall–Kier alpha value is -3.04. The molecule has 0 saturated heterocycles. The molecule has 174 valence electrons. The molecule has 0 amide bonds. The molecule has 2 aromatic heterocycles. The highest BCUT2D eigenvalue weighted by Crippen LogP contribution is 2.31. The van der Waals surface area contributed by atoms with Gasteiger partial charge in [-0.05, 0) is 47.6 Å². The van der Waals surface area contributed by atoms with E-state index >= 15 is 0 Å². The van der Waals surface area contributed by atoms with Crippen molar-refractivity contribution < 1.29 is 22.3 Å². The van der Waals surface area contributed by atoms with E-state index < -0.39 is 17.7 Å². The highest BCUT2D eigenvalue weighted by Gasteiger charge is 2.29. The summed E-state index contributed by atoms with van der Waals surface area (Å²) in [7, 11) is 3.25. The number of anilines is 1. The molecule has 0 fully saturated rings. The van der Waals surface area contributed by atoms with Crippen LogP contribution in [0.3, 0.4) is 0 Å². The normalized spacial score (nSPS) is 11.2. The predicted octanol–water partition coefficient (Wildman–Crippen LogP) is 6.82. The Balaban J connectivity index is 0.000000968. The molecule has 4 nitrogen and oxygen atoms in total. The van der Waals surface area contributed by atoms with Gasteiger partial charge in [0, 0.05) is 44.6 Å². The number of halogens is 4. The molecule has 2 heterocycles. The number of hydrogen-bond acceptors (Lipinski definition) is 5. The number of aryl methyl sites for hydroxylation is 1. The summed E-state index contributed by atoms with van der Waals surface area (Å²) in [6.07, 6.45) is 0.404. The van der Waals surface area contributed by atoms with E-state index in [0.717, 1.165) is 50.5 Å². The molecular formula is C24H23F4N3OS. The molecule has 2 aromatic carbocycles. The topological polar surface area (TPSA) is 47.0 Å². The zero-order valence-corrected chi connectivity index (χ0v) is 18.9. The molecule has 0 radical (unpaired) electrons. The first-order valence-electron chi connectivity index (χ1n) is 10.1. The Morgan fingerprint density at radius 1 is 0.939 bits per heavy atom. The number of fused-ring (bicyclic) bond motifs is 1. The smallest absolute Gasteiger partial charge is 0.388 e. The summed E-state index contributed by atoms with van der Waals surface area (Å²) in [4.78, 5) is 8.98. The number of thiazole rings is 1. The molecule has 4 rings (SSSR count). The fraction of sp³-hybridized carbons (Fsp3) is 0.250. The molecule has 0 aliphatic rings. The lowest BCUT2D eigenvalue weighted by Gasteiger charge is -2.07. The minimum absolute atomic E-state index is 0.514. The summed E-state index contributed by atoms with van der Waals surface area (Å²) in [5.74, 6) is -0.514. The molecule has 0 aliphatic carbocycles. The van der Waals surface area contributed by atoms with Crippen molar-refractivity contribution in [3.05, 3.63) is 78.0 Å². The number of nitrogens with zero attached hydrogens (tertiary/aromatic N) is 2. The van der Waals surface area contributed by atoms with Crippen molar-refractivity contribution in [2.24, 2.45) is 0 Å². The van der Waals surface area contributed by atoms with Crippen molar-refractivity contribution in [3.8, 4) is 10.4 Å². The van der Waals surface area contributed by atoms with Gasteiger partial charge in [-0.3, -0.25) is 0 Å². The number of nitrogens with one attached hydrogen (secondary N) is 1. The monoisotopic (exact) mass is 477 g/mol. The van der Waals surface area contributed by atoms with Crippen LogP contribution in [0.1, 0.15) is 17.5 Å². The third-order valence-corrected chi connectivity index (χ3v) is 5.68. The van der Waals surface area contributed by atoms with E-state index in [1.54, 1.807) is 20.4 Å². The fourth-order valence-electron chi connectivity index (χ4n) is 3.10. The summed E-state index contributed by atoms with van der Waals surface area (Å²) in [6, 6.07) is 12.4. The molecular weight excluding hydrogens is 454 g/mol. The van der Waals surface area contributed by atoms with Gasteiger partial charge < -0.3 is 10.1 Å². The van der Waals surface area contributed by atoms with Crippen LogP contribution in [0.25, 0.3) is 21.2 Å². The predicted molar refractivity (Wildman–Crippen MR) is 124 cm³/mol. The first-order valence-corrected chi connectivity index (χ1v) is 10.9. The number of methoxy groups -OCH3 is 1. The van der Waals surface area contributed by atoms with Crippen LogP contribution in [0.4, 0.5) is 22.7 Å². The van der Waals surface area contributed by atoms with Gasteiger partial charge in [0.25, 0.3) is 0 Å². The van der Waals surface area contributed by atoms with Crippen molar-refractivity contribution in [2.45, 2.75) is 19.0 Å². The SMILES string of the molecule is COC.Fc1cc2cc(-c3cnc(NCCCc4ccc(C(F)(F)F)cc4)s3)ccc2cn1. The quantitative estimate of drug-likeness (QED) is 0.188. The first kappa shape index (κ1) is 24.6. The van der Waals surface area contributed by atoms with Crippen LogP contribution in [0.15, 0.2) is 60.9 Å². The van der Waals surface area contributed by atoms with E-state index in [1.807, 2.05) is 18.2 Å². The highest BCUT2D eigenvalue weighted by molar-refractivity contribution is 7.18. The molecule has 0 saturated carbocycles. The maximum Gasteiger partial charge on any atom is 0.416 e. The number of benzene rings is 2. The second-order valence-electron chi connectivity index (χ2n) is 7.23. The number of alkyl halides is 3. The lowest BCUT2D eigenvalue weighted by atomic mass is 10.1. The van der Waals surface area contributed by atoms with Gasteiger partial charge in [0.15, 0.2) is 5.13 Å². The highest BCUT2D eigenvalue weighted by atomic mass is 32.1. The minimum atomic E-state index is -4.31. The van der Waals surface area contributed by atoms with Crippen molar-refractivity contribution >= 4 is 27.2 Å². The van der Waals surface area contributed by atoms with Crippen LogP contribution < -0.4 is 5.32 Å². The Labute approximate surface area is 193 Å². The second kappa shape index (κ2) is 11.2. The maximum atomic E-state index is 13.4. The van der Waals surface area contributed by atoms with Crippen molar-refractivity contribution in [1.82, 2.24) is 9.97 Å². The number of hydrogen-bond donors (Lipinski definition) is 1. The summed E-state index contributed by atoms with van der Waals surface area (Å²) < 4.78 is 55.4. The minimum Gasteiger partial charge on any atom is -0.388 e. The van der Waals surface area contributed by atoms with Crippen LogP contribution in [0.2, 0.25) is 0 Å². The molecule has 0 unspecified atom stereocenters. The second-order valence-corrected chi connectivity index (χ2v) is 8.26. The van der Waals surface area contributed by atoms with Crippen LogP contribution in [-0.4, -0.2) is 30.7 Å². The zero-order valence-electron chi connectivity index (χ0n) is 18.1. The van der Waals surface area contributed by atoms with Crippen molar-refractivity contribution in [2.75, 3.05) is 26.1 Å². The van der Waals surface area contributed by atoms with E-state index in [9.17, 15) is 17.6 Å². The van der Waals surface area contributed by atoms with E-state index in [-0.39, 0.29) is 0 Å². The van der Waals surface area contributed by atoms with Gasteiger partial charge in [0.1, 0.15) is 0 Å². The number of rotatable bonds is 6. The first-order chi connectivity index (χ1) is 15.8. The fourth-order valence-corrected chi connectivity index (χ4v) is 3.94. The third-order valence-electron chi connectivity index (χ3n) is 4.68. The van der Waals surface area contributed by atoms with Gasteiger partial charge in [-0.25, -0.2) is 9.97 Å². The number of ether oxygens (including phenoxy) is 1. The molecule has 1 N–H and O–H groups in total. The Morgan fingerprint density at radius 3 is 2.36 bits per heavy atom. The zero-order chi connectivity index (χ0) is 23.8. The summed E-state index contributed by atoms with van der Waals surface area (Å²) in [6.45, 7) is 0.655. The van der Waals surface area contributed by atoms with E-state index in [2.05, 4.69) is 20.0 Å². The molecule has 9 heteroatoms. The average Bonchev–Trinajstić information content (AvgIpc) is 3.25. The van der Waals surface area contributed by atoms with Crippen LogP contribution in [0, 0.1) is 5.95 Å². The number of pyridine rings is 1.